The average molecular weight is 474 g/mol. The third kappa shape index (κ3) is 4.00. The number of aliphatic hydroxyl groups is 1. The van der Waals surface area contributed by atoms with Gasteiger partial charge in [-0.15, -0.1) is 0 Å². The summed E-state index contributed by atoms with van der Waals surface area (Å²) < 4.78 is 15.2. The van der Waals surface area contributed by atoms with Crippen LogP contribution in [-0.4, -0.2) is 56.8 Å². The quantitative estimate of drug-likeness (QED) is 0.592. The minimum absolute atomic E-state index is 0.101. The Balaban J connectivity index is 1.42. The third-order valence-corrected chi connectivity index (χ3v) is 6.50. The number of aromatic nitrogens is 2. The molecule has 0 fully saturated rings. The Hall–Kier alpha value is -4.23. The first-order chi connectivity index (χ1) is 16.8. The topological polar surface area (TPSA) is 114 Å². The predicted molar refractivity (Wildman–Crippen MR) is 124 cm³/mol. The molecule has 0 aliphatic carbocycles. The molecule has 0 saturated heterocycles. The van der Waals surface area contributed by atoms with Crippen molar-refractivity contribution in [2.45, 2.75) is 25.1 Å². The zero-order chi connectivity index (χ0) is 24.7. The van der Waals surface area contributed by atoms with Crippen LogP contribution in [0.5, 0.6) is 0 Å². The van der Waals surface area contributed by atoms with E-state index in [2.05, 4.69) is 10.4 Å². The summed E-state index contributed by atoms with van der Waals surface area (Å²) in [5, 5.41) is 27.9. The van der Waals surface area contributed by atoms with Crippen LogP contribution in [0.3, 0.4) is 0 Å². The summed E-state index contributed by atoms with van der Waals surface area (Å²) in [4.78, 5) is 29.3. The van der Waals surface area contributed by atoms with Crippen LogP contribution in [0.2, 0.25) is 0 Å². The van der Waals surface area contributed by atoms with E-state index in [9.17, 15) is 19.1 Å². The van der Waals surface area contributed by atoms with Crippen LogP contribution in [0.25, 0.3) is 0 Å². The number of rotatable bonds is 2. The van der Waals surface area contributed by atoms with Gasteiger partial charge in [0, 0.05) is 31.3 Å². The normalized spacial score (nSPS) is 19.4. The van der Waals surface area contributed by atoms with E-state index in [-0.39, 0.29) is 31.1 Å². The van der Waals surface area contributed by atoms with E-state index in [4.69, 9.17) is 5.26 Å². The predicted octanol–water partition coefficient (Wildman–Crippen LogP) is 2.46. The first-order valence-electron chi connectivity index (χ1n) is 11.2. The zero-order valence-electron chi connectivity index (χ0n) is 19.0. The van der Waals surface area contributed by atoms with Gasteiger partial charge in [-0.3, -0.25) is 9.48 Å². The summed E-state index contributed by atoms with van der Waals surface area (Å²) in [5.74, 6) is -0.932. The Labute approximate surface area is 201 Å². The first kappa shape index (κ1) is 22.6. The van der Waals surface area contributed by atoms with E-state index in [1.165, 1.54) is 17.0 Å². The van der Waals surface area contributed by atoms with E-state index >= 15 is 0 Å². The standard InChI is InChI=1S/C25H23FN6O3/c1-30-14-25(35,17-5-3-2-4-6-17)15-32-22(23(30)33)19-13-31(10-9-21(19)29-32)24(34)28-18-7-8-20(26)16(11-18)12-27/h2-8,11,35H,9-10,13-15H2,1H3,(H,28,34). The number of anilines is 1. The van der Waals surface area contributed by atoms with Gasteiger partial charge in [0.15, 0.2) is 0 Å². The fourth-order valence-electron chi connectivity index (χ4n) is 4.72. The number of likely N-dealkylation sites (N-methyl/N-ethyl adjacent to an activating group) is 1. The Kier molecular flexibility index (Phi) is 5.49. The fraction of sp³-hybridized carbons (Fsp3) is 0.280. The van der Waals surface area contributed by atoms with Crippen LogP contribution >= 0.6 is 0 Å². The smallest absolute Gasteiger partial charge is 0.322 e. The monoisotopic (exact) mass is 474 g/mol. The largest absolute Gasteiger partial charge is 0.381 e. The number of urea groups is 1. The molecule has 178 valence electrons. The molecule has 1 unspecified atom stereocenters. The number of hydrogen-bond donors (Lipinski definition) is 2. The lowest BCUT2D eigenvalue weighted by atomic mass is 9.93. The summed E-state index contributed by atoms with van der Waals surface area (Å²) in [6.45, 7) is 0.735. The number of halogens is 1. The van der Waals surface area contributed by atoms with Gasteiger partial charge in [-0.1, -0.05) is 30.3 Å². The highest BCUT2D eigenvalue weighted by Gasteiger charge is 2.41. The molecule has 3 amide bonds. The molecule has 2 aromatic carbocycles. The van der Waals surface area contributed by atoms with Gasteiger partial charge < -0.3 is 20.2 Å². The van der Waals surface area contributed by atoms with Crippen molar-refractivity contribution in [2.75, 3.05) is 25.5 Å². The van der Waals surface area contributed by atoms with Crippen LogP contribution < -0.4 is 5.32 Å². The molecular formula is C25H23FN6O3. The Morgan fingerprint density at radius 1 is 1.23 bits per heavy atom. The molecule has 0 spiro atoms. The Morgan fingerprint density at radius 2 is 2.00 bits per heavy atom. The highest BCUT2D eigenvalue weighted by molar-refractivity contribution is 5.95. The van der Waals surface area contributed by atoms with Crippen molar-refractivity contribution in [3.8, 4) is 6.07 Å². The minimum Gasteiger partial charge on any atom is -0.381 e. The number of nitriles is 1. The molecule has 2 N–H and O–H groups in total. The van der Waals surface area contributed by atoms with Crippen molar-refractivity contribution >= 4 is 17.6 Å². The molecule has 9 nitrogen and oxygen atoms in total. The number of amides is 3. The molecule has 1 atom stereocenters. The van der Waals surface area contributed by atoms with E-state index < -0.39 is 17.4 Å². The van der Waals surface area contributed by atoms with E-state index in [0.29, 0.717) is 35.5 Å². The SMILES string of the molecule is CN1CC(O)(c2ccccc2)Cn2nc3c(c2C1=O)CN(C(=O)Nc1ccc(F)c(C#N)c1)CC3. The number of nitrogens with one attached hydrogen (secondary N) is 1. The highest BCUT2D eigenvalue weighted by atomic mass is 19.1. The zero-order valence-corrected chi connectivity index (χ0v) is 19.0. The Bertz CT molecular complexity index is 1370. The number of carbonyl (C=O) groups is 2. The van der Waals surface area contributed by atoms with Crippen LogP contribution in [0, 0.1) is 17.1 Å². The third-order valence-electron chi connectivity index (χ3n) is 6.50. The van der Waals surface area contributed by atoms with E-state index in [0.717, 1.165) is 11.8 Å². The molecule has 2 aliphatic rings. The Morgan fingerprint density at radius 3 is 2.74 bits per heavy atom. The summed E-state index contributed by atoms with van der Waals surface area (Å²) in [5.41, 5.74) is 1.25. The summed E-state index contributed by atoms with van der Waals surface area (Å²) in [6, 6.07) is 14.3. The number of benzene rings is 2. The van der Waals surface area contributed by atoms with Crippen LogP contribution in [0.15, 0.2) is 48.5 Å². The molecule has 0 bridgehead atoms. The van der Waals surface area contributed by atoms with Crippen molar-refractivity contribution in [2.24, 2.45) is 0 Å². The van der Waals surface area contributed by atoms with Gasteiger partial charge in [0.25, 0.3) is 5.91 Å². The maximum atomic E-state index is 13.6. The molecular weight excluding hydrogens is 451 g/mol. The summed E-state index contributed by atoms with van der Waals surface area (Å²) in [7, 11) is 1.64. The van der Waals surface area contributed by atoms with E-state index in [1.54, 1.807) is 22.7 Å². The lowest BCUT2D eigenvalue weighted by molar-refractivity contribution is -0.00312. The molecule has 5 rings (SSSR count). The second-order valence-corrected chi connectivity index (χ2v) is 8.90. The van der Waals surface area contributed by atoms with Crippen molar-refractivity contribution in [1.82, 2.24) is 19.6 Å². The van der Waals surface area contributed by atoms with Gasteiger partial charge in [0.2, 0.25) is 0 Å². The molecule has 3 aromatic rings. The lowest BCUT2D eigenvalue weighted by Gasteiger charge is -2.30. The van der Waals surface area contributed by atoms with Crippen molar-refractivity contribution in [3.05, 3.63) is 82.4 Å². The molecule has 3 heterocycles. The second kappa shape index (κ2) is 8.52. The maximum absolute atomic E-state index is 13.6. The summed E-state index contributed by atoms with van der Waals surface area (Å²) >= 11 is 0. The van der Waals surface area contributed by atoms with Gasteiger partial charge in [0.05, 0.1) is 30.9 Å². The van der Waals surface area contributed by atoms with Gasteiger partial charge >= 0.3 is 6.03 Å². The average Bonchev–Trinajstić information content (AvgIpc) is 3.17. The van der Waals surface area contributed by atoms with Crippen molar-refractivity contribution < 1.29 is 19.1 Å². The van der Waals surface area contributed by atoms with Gasteiger partial charge in [-0.25, -0.2) is 9.18 Å². The number of carbonyl (C=O) groups excluding carboxylic acids is 2. The molecule has 0 radical (unpaired) electrons. The van der Waals surface area contributed by atoms with Gasteiger partial charge in [0.1, 0.15) is 23.2 Å². The molecule has 1 aromatic heterocycles. The number of nitrogens with zero attached hydrogens (tertiary/aromatic N) is 5. The van der Waals surface area contributed by atoms with Crippen molar-refractivity contribution in [1.29, 1.82) is 5.26 Å². The first-order valence-corrected chi connectivity index (χ1v) is 11.2. The van der Waals surface area contributed by atoms with Crippen LogP contribution in [0.1, 0.15) is 32.9 Å². The number of β-amino-alcohol motifs (C(OH)–C–C–N with tert-alkyl or cyclic N) is 1. The van der Waals surface area contributed by atoms with Crippen molar-refractivity contribution in [3.63, 3.8) is 0 Å². The summed E-state index contributed by atoms with van der Waals surface area (Å²) in [6.07, 6.45) is 0.441. The van der Waals surface area contributed by atoms with E-state index in [1.807, 2.05) is 30.3 Å². The second-order valence-electron chi connectivity index (χ2n) is 8.90. The lowest BCUT2D eigenvalue weighted by Crippen LogP contribution is -2.42. The van der Waals surface area contributed by atoms with Crippen LogP contribution in [-0.2, 0) is 25.1 Å². The van der Waals surface area contributed by atoms with Crippen LogP contribution in [0.4, 0.5) is 14.9 Å². The van der Waals surface area contributed by atoms with Gasteiger partial charge in [-0.05, 0) is 23.8 Å². The van der Waals surface area contributed by atoms with Gasteiger partial charge in [-0.2, -0.15) is 10.4 Å². The maximum Gasteiger partial charge on any atom is 0.322 e. The minimum atomic E-state index is -1.32. The fourth-order valence-corrected chi connectivity index (χ4v) is 4.72. The molecule has 0 saturated carbocycles. The molecule has 35 heavy (non-hydrogen) atoms. The number of hydrogen-bond acceptors (Lipinski definition) is 5. The number of fused-ring (bicyclic) bond motifs is 3. The molecule has 10 heteroatoms. The molecule has 2 aliphatic heterocycles. The highest BCUT2D eigenvalue weighted by Crippen LogP contribution is 2.32.